The Morgan fingerprint density at radius 1 is 1.17 bits per heavy atom. The maximum absolute atomic E-state index is 12.6. The molecule has 7 nitrogen and oxygen atoms in total. The molecule has 8 heteroatoms. The Hall–Kier alpha value is -2.80. The summed E-state index contributed by atoms with van der Waals surface area (Å²) in [5.41, 5.74) is 2.00. The van der Waals surface area contributed by atoms with E-state index in [1.165, 1.54) is 0 Å². The minimum Gasteiger partial charge on any atom is -0.481 e. The van der Waals surface area contributed by atoms with Crippen LogP contribution in [0.15, 0.2) is 47.6 Å². The molecule has 0 aliphatic carbocycles. The molecule has 1 aliphatic heterocycles. The van der Waals surface area contributed by atoms with Crippen LogP contribution in [0.3, 0.4) is 0 Å². The maximum atomic E-state index is 12.6. The highest BCUT2D eigenvalue weighted by molar-refractivity contribution is 6.30. The number of aliphatic imine (C=N–C) groups is 1. The summed E-state index contributed by atoms with van der Waals surface area (Å²) in [5.74, 6) is 1.53. The number of carbonyl (C=O) groups is 1. The fourth-order valence-corrected chi connectivity index (χ4v) is 3.50. The number of guanidine groups is 1. The van der Waals surface area contributed by atoms with Crippen molar-refractivity contribution in [3.05, 3.63) is 58.7 Å². The molecular formula is C21H26ClN5O2. The van der Waals surface area contributed by atoms with Crippen molar-refractivity contribution < 1.29 is 9.53 Å². The van der Waals surface area contributed by atoms with Gasteiger partial charge in [-0.15, -0.1) is 0 Å². The number of nitrogens with one attached hydrogen (secondary N) is 1. The van der Waals surface area contributed by atoms with Gasteiger partial charge in [0.05, 0.1) is 13.5 Å². The molecule has 3 rings (SSSR count). The number of benzene rings is 1. The molecule has 0 atom stereocenters. The third kappa shape index (κ3) is 5.84. The lowest BCUT2D eigenvalue weighted by Crippen LogP contribution is -2.53. The van der Waals surface area contributed by atoms with E-state index in [1.54, 1.807) is 20.4 Å². The van der Waals surface area contributed by atoms with E-state index in [9.17, 15) is 4.79 Å². The van der Waals surface area contributed by atoms with Crippen LogP contribution in [0.2, 0.25) is 5.02 Å². The van der Waals surface area contributed by atoms with E-state index >= 15 is 0 Å². The average Bonchev–Trinajstić information content (AvgIpc) is 2.75. The van der Waals surface area contributed by atoms with Gasteiger partial charge in [-0.1, -0.05) is 23.7 Å². The van der Waals surface area contributed by atoms with E-state index < -0.39 is 0 Å². The molecule has 0 saturated carbocycles. The summed E-state index contributed by atoms with van der Waals surface area (Å²) in [7, 11) is 3.37. The highest BCUT2D eigenvalue weighted by atomic mass is 35.5. The molecule has 1 aromatic heterocycles. The smallest absolute Gasteiger partial charge is 0.227 e. The normalized spacial score (nSPS) is 14.7. The molecule has 29 heavy (non-hydrogen) atoms. The van der Waals surface area contributed by atoms with Gasteiger partial charge in [0.15, 0.2) is 5.96 Å². The predicted molar refractivity (Wildman–Crippen MR) is 114 cm³/mol. The molecule has 1 amide bonds. The van der Waals surface area contributed by atoms with Gasteiger partial charge >= 0.3 is 0 Å². The Balaban J connectivity index is 1.49. The van der Waals surface area contributed by atoms with Crippen LogP contribution in [-0.4, -0.2) is 67.0 Å². The Morgan fingerprint density at radius 2 is 1.93 bits per heavy atom. The van der Waals surface area contributed by atoms with Crippen LogP contribution in [-0.2, 0) is 17.8 Å². The lowest BCUT2D eigenvalue weighted by atomic mass is 10.1. The van der Waals surface area contributed by atoms with E-state index in [0.29, 0.717) is 37.0 Å². The number of halogens is 1. The number of amides is 1. The van der Waals surface area contributed by atoms with Gasteiger partial charge < -0.3 is 19.9 Å². The van der Waals surface area contributed by atoms with Gasteiger partial charge in [0, 0.05) is 57.1 Å². The Kier molecular flexibility index (Phi) is 7.30. The van der Waals surface area contributed by atoms with Crippen LogP contribution >= 0.6 is 11.6 Å². The van der Waals surface area contributed by atoms with Crippen LogP contribution in [0.25, 0.3) is 0 Å². The number of hydrogen-bond donors (Lipinski definition) is 1. The third-order valence-corrected chi connectivity index (χ3v) is 5.08. The fraction of sp³-hybridized carbons (Fsp3) is 0.381. The molecule has 1 aliphatic rings. The largest absolute Gasteiger partial charge is 0.481 e. The van der Waals surface area contributed by atoms with Crippen LogP contribution in [0.4, 0.5) is 0 Å². The molecule has 1 N–H and O–H groups in total. The first-order valence-corrected chi connectivity index (χ1v) is 9.93. The summed E-state index contributed by atoms with van der Waals surface area (Å²) in [4.78, 5) is 25.2. The van der Waals surface area contributed by atoms with Gasteiger partial charge in [-0.2, -0.15) is 0 Å². The van der Waals surface area contributed by atoms with E-state index in [2.05, 4.69) is 20.2 Å². The number of pyridine rings is 1. The topological polar surface area (TPSA) is 70.1 Å². The number of aromatic nitrogens is 1. The van der Waals surface area contributed by atoms with Crippen molar-refractivity contribution in [2.75, 3.05) is 40.3 Å². The average molecular weight is 416 g/mol. The number of carbonyl (C=O) groups excluding carboxylic acids is 1. The lowest BCUT2D eigenvalue weighted by molar-refractivity contribution is -0.131. The van der Waals surface area contributed by atoms with Crippen molar-refractivity contribution in [3.8, 4) is 5.88 Å². The van der Waals surface area contributed by atoms with E-state index in [0.717, 1.165) is 30.2 Å². The number of methoxy groups -OCH3 is 1. The summed E-state index contributed by atoms with van der Waals surface area (Å²) >= 11 is 6.01. The third-order valence-electron chi connectivity index (χ3n) is 4.85. The van der Waals surface area contributed by atoms with Crippen molar-refractivity contribution >= 4 is 23.5 Å². The zero-order valence-electron chi connectivity index (χ0n) is 16.8. The second-order valence-electron chi connectivity index (χ2n) is 6.78. The first kappa shape index (κ1) is 20.9. The standard InChI is InChI=1S/C21H26ClN5O2/c1-23-21(25-15-17-6-7-24-19(13-17)29-2)27-10-8-26(9-11-27)20(28)14-16-4-3-5-18(22)12-16/h3-7,12-13H,8-11,14-15H2,1-2H3,(H,23,25). The van der Waals surface area contributed by atoms with E-state index in [1.807, 2.05) is 41.3 Å². The number of ether oxygens (including phenoxy) is 1. The zero-order chi connectivity index (χ0) is 20.6. The Labute approximate surface area is 176 Å². The van der Waals surface area contributed by atoms with Gasteiger partial charge in [-0.05, 0) is 29.3 Å². The molecule has 0 radical (unpaired) electrons. The fourth-order valence-electron chi connectivity index (χ4n) is 3.29. The minimum atomic E-state index is 0.124. The molecule has 0 unspecified atom stereocenters. The van der Waals surface area contributed by atoms with Crippen LogP contribution in [0, 0.1) is 0 Å². The summed E-state index contributed by atoms with van der Waals surface area (Å²) in [6.07, 6.45) is 2.10. The second kappa shape index (κ2) is 10.1. The Bertz CT molecular complexity index is 866. The highest BCUT2D eigenvalue weighted by Crippen LogP contribution is 2.13. The number of piperazine rings is 1. The first-order valence-electron chi connectivity index (χ1n) is 9.56. The number of nitrogens with zero attached hydrogens (tertiary/aromatic N) is 4. The van der Waals surface area contributed by atoms with Crippen molar-refractivity contribution in [2.45, 2.75) is 13.0 Å². The molecule has 1 fully saturated rings. The van der Waals surface area contributed by atoms with Gasteiger partial charge in [-0.3, -0.25) is 9.79 Å². The first-order chi connectivity index (χ1) is 14.1. The van der Waals surface area contributed by atoms with Gasteiger partial charge in [-0.25, -0.2) is 4.98 Å². The van der Waals surface area contributed by atoms with Crippen LogP contribution in [0.1, 0.15) is 11.1 Å². The molecule has 0 bridgehead atoms. The SMILES string of the molecule is CN=C(NCc1ccnc(OC)c1)N1CCN(C(=O)Cc2cccc(Cl)c2)CC1. The number of rotatable bonds is 5. The summed E-state index contributed by atoms with van der Waals surface area (Å²) < 4.78 is 5.16. The van der Waals surface area contributed by atoms with Crippen LogP contribution < -0.4 is 10.1 Å². The van der Waals surface area contributed by atoms with Crippen LogP contribution in [0.5, 0.6) is 5.88 Å². The summed E-state index contributed by atoms with van der Waals surface area (Å²) in [6, 6.07) is 11.3. The molecule has 2 heterocycles. The number of hydrogen-bond acceptors (Lipinski definition) is 4. The highest BCUT2D eigenvalue weighted by Gasteiger charge is 2.23. The molecule has 0 spiro atoms. The van der Waals surface area contributed by atoms with Crippen molar-refractivity contribution in [1.29, 1.82) is 0 Å². The summed E-state index contributed by atoms with van der Waals surface area (Å²) in [5, 5.41) is 4.03. The molecule has 2 aromatic rings. The molecule has 154 valence electrons. The quantitative estimate of drug-likeness (QED) is 0.599. The molecule has 1 aromatic carbocycles. The lowest BCUT2D eigenvalue weighted by Gasteiger charge is -2.36. The predicted octanol–water partition coefficient (Wildman–Crippen LogP) is 2.21. The second-order valence-corrected chi connectivity index (χ2v) is 7.22. The van der Waals surface area contributed by atoms with E-state index in [4.69, 9.17) is 16.3 Å². The van der Waals surface area contributed by atoms with Gasteiger partial charge in [0.1, 0.15) is 0 Å². The van der Waals surface area contributed by atoms with Gasteiger partial charge in [0.25, 0.3) is 0 Å². The van der Waals surface area contributed by atoms with Gasteiger partial charge in [0.2, 0.25) is 11.8 Å². The minimum absolute atomic E-state index is 0.124. The van der Waals surface area contributed by atoms with Crippen molar-refractivity contribution in [1.82, 2.24) is 20.1 Å². The van der Waals surface area contributed by atoms with Crippen molar-refractivity contribution in [3.63, 3.8) is 0 Å². The monoisotopic (exact) mass is 415 g/mol. The zero-order valence-corrected chi connectivity index (χ0v) is 17.5. The van der Waals surface area contributed by atoms with Crippen molar-refractivity contribution in [2.24, 2.45) is 4.99 Å². The maximum Gasteiger partial charge on any atom is 0.227 e. The molecule has 1 saturated heterocycles. The van der Waals surface area contributed by atoms with E-state index in [-0.39, 0.29) is 5.91 Å². The Morgan fingerprint density at radius 3 is 2.62 bits per heavy atom. The molecular weight excluding hydrogens is 390 g/mol. The summed E-state index contributed by atoms with van der Waals surface area (Å²) in [6.45, 7) is 3.44.